The summed E-state index contributed by atoms with van der Waals surface area (Å²) in [5, 5.41) is 5.91. The predicted molar refractivity (Wildman–Crippen MR) is 128 cm³/mol. The molecule has 0 saturated heterocycles. The zero-order valence-electron chi connectivity index (χ0n) is 18.6. The van der Waals surface area contributed by atoms with Crippen LogP contribution >= 0.6 is 23.4 Å². The number of carbonyl (C=O) groups is 1. The third-order valence-electron chi connectivity index (χ3n) is 5.15. The van der Waals surface area contributed by atoms with Crippen LogP contribution in [0.3, 0.4) is 0 Å². The van der Waals surface area contributed by atoms with Crippen molar-refractivity contribution in [1.29, 1.82) is 0 Å². The number of hydrogen-bond donors (Lipinski definition) is 0. The van der Waals surface area contributed by atoms with Crippen LogP contribution in [0.25, 0.3) is 16.6 Å². The summed E-state index contributed by atoms with van der Waals surface area (Å²) in [5.74, 6) is -0.794. The molecule has 3 heterocycles. The molecule has 3 aromatic heterocycles. The molecule has 0 radical (unpaired) electrons. The van der Waals surface area contributed by atoms with Gasteiger partial charge in [-0.2, -0.15) is 5.10 Å². The van der Waals surface area contributed by atoms with Crippen molar-refractivity contribution in [2.45, 2.75) is 50.1 Å². The molecular weight excluding hydrogens is 463 g/mol. The molecule has 172 valence electrons. The molecule has 9 heteroatoms. The fourth-order valence-electron chi connectivity index (χ4n) is 3.75. The lowest BCUT2D eigenvalue weighted by atomic mass is 10.2. The average molecular weight is 487 g/mol. The van der Waals surface area contributed by atoms with Gasteiger partial charge in [-0.1, -0.05) is 36.4 Å². The van der Waals surface area contributed by atoms with Crippen molar-refractivity contribution in [3.8, 4) is 5.69 Å². The number of halogens is 2. The molecule has 0 atom stereocenters. The average Bonchev–Trinajstić information content (AvgIpc) is 3.34. The van der Waals surface area contributed by atoms with Crippen LogP contribution in [0.5, 0.6) is 0 Å². The summed E-state index contributed by atoms with van der Waals surface area (Å²) in [6, 6.07) is 8.90. The first-order chi connectivity index (χ1) is 15.9. The van der Waals surface area contributed by atoms with Crippen LogP contribution in [0.4, 0.5) is 4.39 Å². The fourth-order valence-corrected chi connectivity index (χ4v) is 4.94. The number of ether oxygens (including phenoxy) is 1. The highest BCUT2D eigenvalue weighted by molar-refractivity contribution is 7.99. The number of carbonyl (C=O) groups excluding carboxylic acids is 1. The van der Waals surface area contributed by atoms with Crippen molar-refractivity contribution in [3.63, 3.8) is 0 Å². The molecule has 0 spiro atoms. The molecule has 1 aromatic carbocycles. The first kappa shape index (κ1) is 23.3. The maximum atomic E-state index is 15.3. The van der Waals surface area contributed by atoms with Crippen LogP contribution in [0.1, 0.15) is 31.7 Å². The van der Waals surface area contributed by atoms with Gasteiger partial charge in [0, 0.05) is 28.7 Å². The Morgan fingerprint density at radius 3 is 2.82 bits per heavy atom. The van der Waals surface area contributed by atoms with E-state index in [-0.39, 0.29) is 17.4 Å². The summed E-state index contributed by atoms with van der Waals surface area (Å²) in [7, 11) is 0. The number of pyridine rings is 1. The first-order valence-corrected chi connectivity index (χ1v) is 11.9. The fraction of sp³-hybridized carbons (Fsp3) is 0.292. The maximum absolute atomic E-state index is 15.3. The smallest absolute Gasteiger partial charge is 0.311 e. The number of rotatable bonds is 8. The molecule has 0 fully saturated rings. The quantitative estimate of drug-likeness (QED) is 0.286. The topological polar surface area (TPSA) is 61.9 Å². The van der Waals surface area contributed by atoms with Gasteiger partial charge < -0.3 is 9.30 Å². The second-order valence-corrected chi connectivity index (χ2v) is 8.96. The lowest BCUT2D eigenvalue weighted by molar-refractivity contribution is -0.142. The maximum Gasteiger partial charge on any atom is 0.311 e. The van der Waals surface area contributed by atoms with Crippen molar-refractivity contribution in [1.82, 2.24) is 19.3 Å². The van der Waals surface area contributed by atoms with Gasteiger partial charge in [0.1, 0.15) is 5.03 Å². The van der Waals surface area contributed by atoms with Crippen LogP contribution in [0, 0.1) is 12.7 Å². The van der Waals surface area contributed by atoms with E-state index in [4.69, 9.17) is 16.3 Å². The van der Waals surface area contributed by atoms with Crippen LogP contribution in [-0.4, -0.2) is 31.9 Å². The molecule has 0 N–H and O–H groups in total. The molecule has 0 aliphatic carbocycles. The van der Waals surface area contributed by atoms with Crippen LogP contribution in [0.15, 0.2) is 52.6 Å². The zero-order valence-corrected chi connectivity index (χ0v) is 20.2. The summed E-state index contributed by atoms with van der Waals surface area (Å²) in [4.78, 5) is 17.3. The lowest BCUT2D eigenvalue weighted by Crippen LogP contribution is -2.08. The second-order valence-electron chi connectivity index (χ2n) is 7.52. The van der Waals surface area contributed by atoms with E-state index in [1.807, 2.05) is 40.6 Å². The number of esters is 1. The van der Waals surface area contributed by atoms with E-state index in [1.165, 1.54) is 11.8 Å². The van der Waals surface area contributed by atoms with Crippen LogP contribution in [-0.2, 0) is 22.5 Å². The third kappa shape index (κ3) is 4.77. The Labute approximate surface area is 200 Å². The second kappa shape index (κ2) is 9.97. The Bertz CT molecular complexity index is 1320. The molecule has 0 aliphatic heterocycles. The first-order valence-electron chi connectivity index (χ1n) is 10.7. The van der Waals surface area contributed by atoms with Gasteiger partial charge in [-0.15, -0.1) is 0 Å². The highest BCUT2D eigenvalue weighted by Crippen LogP contribution is 2.41. The van der Waals surface area contributed by atoms with E-state index >= 15 is 4.39 Å². The van der Waals surface area contributed by atoms with Gasteiger partial charge >= 0.3 is 5.97 Å². The van der Waals surface area contributed by atoms with Gasteiger partial charge in [-0.25, -0.2) is 9.37 Å². The van der Waals surface area contributed by atoms with Gasteiger partial charge in [-0.05, 0) is 44.5 Å². The van der Waals surface area contributed by atoms with Crippen molar-refractivity contribution in [3.05, 3.63) is 65.0 Å². The number of benzene rings is 1. The Morgan fingerprint density at radius 1 is 1.24 bits per heavy atom. The van der Waals surface area contributed by atoms with Crippen LogP contribution < -0.4 is 0 Å². The van der Waals surface area contributed by atoms with Gasteiger partial charge in [0.25, 0.3) is 0 Å². The number of nitrogens with zero attached hydrogens (tertiary/aromatic N) is 4. The number of aromatic nitrogens is 4. The van der Waals surface area contributed by atoms with Crippen molar-refractivity contribution < 1.29 is 13.9 Å². The predicted octanol–water partition coefficient (Wildman–Crippen LogP) is 5.99. The number of hydrogen-bond acceptors (Lipinski definition) is 5. The van der Waals surface area contributed by atoms with E-state index in [2.05, 4.69) is 17.0 Å². The van der Waals surface area contributed by atoms with E-state index in [1.54, 1.807) is 25.3 Å². The molecule has 0 bridgehead atoms. The van der Waals surface area contributed by atoms with Gasteiger partial charge in [-0.3, -0.25) is 9.48 Å². The monoisotopic (exact) mass is 486 g/mol. The van der Waals surface area contributed by atoms with E-state index in [0.717, 1.165) is 34.6 Å². The largest absolute Gasteiger partial charge is 0.466 e. The molecule has 0 saturated carbocycles. The number of fused-ring (bicyclic) bond motifs is 1. The normalized spacial score (nSPS) is 11.3. The Kier molecular flexibility index (Phi) is 7.05. The van der Waals surface area contributed by atoms with E-state index in [0.29, 0.717) is 22.8 Å². The molecule has 0 unspecified atom stereocenters. The molecule has 4 aromatic rings. The number of aryl methyl sites for hydroxylation is 1. The Hall–Kier alpha value is -2.84. The minimum Gasteiger partial charge on any atom is -0.466 e. The summed E-state index contributed by atoms with van der Waals surface area (Å²) < 4.78 is 24.0. The summed E-state index contributed by atoms with van der Waals surface area (Å²) in [6.45, 7) is 6.90. The van der Waals surface area contributed by atoms with Crippen molar-refractivity contribution >= 4 is 40.2 Å². The molecule has 33 heavy (non-hydrogen) atoms. The summed E-state index contributed by atoms with van der Waals surface area (Å²) >= 11 is 7.57. The van der Waals surface area contributed by atoms with Gasteiger partial charge in [0.05, 0.1) is 41.1 Å². The lowest BCUT2D eigenvalue weighted by Gasteiger charge is -2.07. The summed E-state index contributed by atoms with van der Waals surface area (Å²) in [5.41, 5.74) is 2.64. The zero-order chi connectivity index (χ0) is 23.5. The van der Waals surface area contributed by atoms with E-state index < -0.39 is 5.82 Å². The Balaban J connectivity index is 1.78. The van der Waals surface area contributed by atoms with Crippen LogP contribution in [0.2, 0.25) is 5.02 Å². The minimum atomic E-state index is -0.476. The molecular formula is C24H24ClFN4O2S. The highest BCUT2D eigenvalue weighted by Gasteiger charge is 2.22. The third-order valence-corrected chi connectivity index (χ3v) is 6.60. The van der Waals surface area contributed by atoms with E-state index in [9.17, 15) is 4.79 Å². The van der Waals surface area contributed by atoms with Crippen molar-refractivity contribution in [2.75, 3.05) is 6.61 Å². The molecule has 6 nitrogen and oxygen atoms in total. The minimum absolute atomic E-state index is 0.0632. The van der Waals surface area contributed by atoms with Crippen molar-refractivity contribution in [2.24, 2.45) is 0 Å². The van der Waals surface area contributed by atoms with Gasteiger partial charge in [0.15, 0.2) is 5.82 Å². The molecule has 0 amide bonds. The van der Waals surface area contributed by atoms with Gasteiger partial charge in [0.2, 0.25) is 0 Å². The summed E-state index contributed by atoms with van der Waals surface area (Å²) in [6.07, 6.45) is 4.68. The highest BCUT2D eigenvalue weighted by atomic mass is 35.5. The standard InChI is InChI=1S/C24H24ClFN4O2S/c1-4-11-29-14-17(13-27-29)30-15(3)24(18-9-10-19(25)22(26)23(18)30)33-20-8-6-7-16(28-20)12-21(31)32-5-2/h6-10,13-14H,4-5,11-12H2,1-3H3. The Morgan fingerprint density at radius 2 is 2.06 bits per heavy atom. The molecule has 0 aliphatic rings. The molecule has 4 rings (SSSR count). The SMILES string of the molecule is CCCn1cc(-n2c(C)c(Sc3cccc(CC(=O)OCC)n3)c3ccc(Cl)c(F)c32)cn1.